The molecule has 3 aliphatic rings. The van der Waals surface area contributed by atoms with Gasteiger partial charge >= 0.3 is 0 Å². The van der Waals surface area contributed by atoms with Gasteiger partial charge in [0.2, 0.25) is 0 Å². The Morgan fingerprint density at radius 2 is 1.33 bits per heavy atom. The molecule has 0 amide bonds. The second-order valence-electron chi connectivity index (χ2n) is 17.1. The van der Waals surface area contributed by atoms with Gasteiger partial charge in [-0.15, -0.1) is 0 Å². The van der Waals surface area contributed by atoms with Crippen molar-refractivity contribution < 1.29 is 0 Å². The highest BCUT2D eigenvalue weighted by Gasteiger charge is 2.48. The number of aliphatic imine (C=N–C) groups is 1. The molecule has 6 nitrogen and oxygen atoms in total. The van der Waals surface area contributed by atoms with Gasteiger partial charge in [-0.1, -0.05) is 140 Å². The average Bonchev–Trinajstić information content (AvgIpc) is 3.77. The largest absolute Gasteiger partial charge is 0.348 e. The third-order valence-corrected chi connectivity index (χ3v) is 13.6. The number of fused-ring (bicyclic) bond motifs is 8. The van der Waals surface area contributed by atoms with E-state index in [1.54, 1.807) is 0 Å². The monoisotopic (exact) mass is 788 g/mol. The lowest BCUT2D eigenvalue weighted by atomic mass is 9.80. The molecule has 4 atom stereocenters. The van der Waals surface area contributed by atoms with Crippen molar-refractivity contribution >= 4 is 60.7 Å². The van der Waals surface area contributed by atoms with Crippen molar-refractivity contribution in [1.29, 1.82) is 0 Å². The summed E-state index contributed by atoms with van der Waals surface area (Å²) in [5.41, 5.74) is 8.07. The van der Waals surface area contributed by atoms with E-state index in [1.807, 2.05) is 0 Å². The highest BCUT2D eigenvalue weighted by atomic mass is 15.4. The number of aromatic nitrogens is 2. The number of allylic oxidation sites excluding steroid dienone is 2. The minimum atomic E-state index is -0.625. The van der Waals surface area contributed by atoms with Crippen LogP contribution >= 0.6 is 0 Å². The number of rotatable bonds is 5. The number of benzene rings is 7. The molecule has 1 N–H and O–H groups in total. The molecule has 0 saturated heterocycles. The van der Waals surface area contributed by atoms with Crippen molar-refractivity contribution in [2.75, 3.05) is 11.9 Å². The van der Waals surface area contributed by atoms with Crippen LogP contribution in [0.4, 0.5) is 11.5 Å². The molecule has 4 unspecified atom stereocenters. The molecule has 1 aliphatic carbocycles. The standard InChI is InChI=1S/C55H44N6/c1-54-31-14-13-23-46(54)45-34-44-43-22-11-12-25-48(43)60(42-20-5-4-6-21-42)49(44)35-50(45)61(54)51-26-15-24-47(56-51)53-57-52(40-28-27-36-16-7-9-18-38(36)32-40)58-55(2,59(53)3)41-30-29-37-17-8-10-19-39(37)33-41/h4-35,46,53H,1-3H3,(H,57,58). The van der Waals surface area contributed by atoms with Gasteiger partial charge in [0.15, 0.2) is 0 Å². The third kappa shape index (κ3) is 5.38. The molecule has 61 heavy (non-hydrogen) atoms. The Hall–Kier alpha value is -7.28. The summed E-state index contributed by atoms with van der Waals surface area (Å²) in [4.78, 5) is 16.0. The average molecular weight is 789 g/mol. The summed E-state index contributed by atoms with van der Waals surface area (Å²) in [7, 11) is 2.16. The Labute approximate surface area is 355 Å². The lowest BCUT2D eigenvalue weighted by Gasteiger charge is -2.47. The summed E-state index contributed by atoms with van der Waals surface area (Å²) in [5, 5.41) is 11.2. The molecule has 0 radical (unpaired) electrons. The highest BCUT2D eigenvalue weighted by Crippen LogP contribution is 2.55. The van der Waals surface area contributed by atoms with Gasteiger partial charge in [-0.2, -0.15) is 0 Å². The number of hydrogen-bond acceptors (Lipinski definition) is 5. The molecule has 6 heteroatoms. The zero-order chi connectivity index (χ0) is 40.9. The van der Waals surface area contributed by atoms with Gasteiger partial charge in [-0.05, 0) is 108 Å². The summed E-state index contributed by atoms with van der Waals surface area (Å²) in [6.45, 7) is 4.62. The number of hydrogen-bond donors (Lipinski definition) is 1. The molecule has 4 heterocycles. The molecule has 0 saturated carbocycles. The molecular formula is C55H44N6. The summed E-state index contributed by atoms with van der Waals surface area (Å²) in [5.74, 6) is 1.87. The first kappa shape index (κ1) is 35.6. The van der Waals surface area contributed by atoms with Crippen LogP contribution in [0.25, 0.3) is 49.0 Å². The Bertz CT molecular complexity index is 3320. The van der Waals surface area contributed by atoms with Crippen molar-refractivity contribution in [1.82, 2.24) is 19.8 Å². The third-order valence-electron chi connectivity index (χ3n) is 13.6. The quantitative estimate of drug-likeness (QED) is 0.189. The Morgan fingerprint density at radius 1 is 0.607 bits per heavy atom. The Kier molecular flexibility index (Phi) is 7.81. The van der Waals surface area contributed by atoms with E-state index in [9.17, 15) is 0 Å². The Balaban J connectivity index is 1.03. The van der Waals surface area contributed by atoms with Gasteiger partial charge in [-0.25, -0.2) is 9.98 Å². The van der Waals surface area contributed by atoms with Crippen molar-refractivity contribution in [3.05, 3.63) is 217 Å². The molecule has 0 bridgehead atoms. The first-order valence-corrected chi connectivity index (χ1v) is 21.2. The second-order valence-corrected chi connectivity index (χ2v) is 17.1. The lowest BCUT2D eigenvalue weighted by molar-refractivity contribution is 0.0586. The van der Waals surface area contributed by atoms with E-state index in [4.69, 9.17) is 9.98 Å². The van der Waals surface area contributed by atoms with E-state index in [-0.39, 0.29) is 11.5 Å². The number of nitrogens with zero attached hydrogens (tertiary/aromatic N) is 5. The van der Waals surface area contributed by atoms with Crippen LogP contribution in [0.3, 0.4) is 0 Å². The smallest absolute Gasteiger partial charge is 0.149 e. The summed E-state index contributed by atoms with van der Waals surface area (Å²) in [6, 6.07) is 61.3. The molecule has 2 aliphatic heterocycles. The minimum Gasteiger partial charge on any atom is -0.348 e. The van der Waals surface area contributed by atoms with Crippen molar-refractivity contribution in [3.63, 3.8) is 0 Å². The van der Waals surface area contributed by atoms with Gasteiger partial charge in [-0.3, -0.25) is 4.90 Å². The molecule has 0 fully saturated rings. The molecule has 7 aromatic carbocycles. The van der Waals surface area contributed by atoms with Crippen LogP contribution in [-0.2, 0) is 5.66 Å². The maximum Gasteiger partial charge on any atom is 0.149 e. The fourth-order valence-corrected chi connectivity index (χ4v) is 10.3. The predicted octanol–water partition coefficient (Wildman–Crippen LogP) is 12.5. The van der Waals surface area contributed by atoms with Gasteiger partial charge in [0, 0.05) is 33.6 Å². The molecule has 9 aromatic rings. The maximum atomic E-state index is 5.64. The first-order chi connectivity index (χ1) is 29.9. The van der Waals surface area contributed by atoms with E-state index in [2.05, 4.69) is 235 Å². The zero-order valence-corrected chi connectivity index (χ0v) is 34.4. The molecule has 294 valence electrons. The lowest BCUT2D eigenvalue weighted by Crippen LogP contribution is -2.59. The van der Waals surface area contributed by atoms with Crippen molar-refractivity contribution in [2.45, 2.75) is 37.1 Å². The molecule has 12 rings (SSSR count). The minimum absolute atomic E-state index is 0.136. The summed E-state index contributed by atoms with van der Waals surface area (Å²) in [6.07, 6.45) is 8.70. The fraction of sp³-hybridized carbons (Fsp3) is 0.127. The molecule has 2 aromatic heterocycles. The van der Waals surface area contributed by atoms with E-state index < -0.39 is 11.8 Å². The van der Waals surface area contributed by atoms with Gasteiger partial charge in [0.05, 0.1) is 22.3 Å². The summed E-state index contributed by atoms with van der Waals surface area (Å²) >= 11 is 0. The van der Waals surface area contributed by atoms with E-state index in [1.165, 1.54) is 54.6 Å². The van der Waals surface area contributed by atoms with Crippen LogP contribution in [0.5, 0.6) is 0 Å². The SMILES string of the molecule is CN1C(c2cccc(N3c4cc5c(cc4C4C=CC=CC43C)c3ccccc3n5-c3ccccc3)n2)N=C(c2ccc3ccccc3c2)NC1(C)c1ccc2ccccc2c1. The van der Waals surface area contributed by atoms with E-state index in [0.29, 0.717) is 0 Å². The number of pyridine rings is 1. The number of para-hydroxylation sites is 2. The molecular weight excluding hydrogens is 745 g/mol. The maximum absolute atomic E-state index is 5.64. The van der Waals surface area contributed by atoms with Crippen LogP contribution in [-0.4, -0.2) is 32.9 Å². The highest BCUT2D eigenvalue weighted by molar-refractivity contribution is 6.11. The van der Waals surface area contributed by atoms with E-state index >= 15 is 0 Å². The van der Waals surface area contributed by atoms with Crippen LogP contribution in [0.15, 0.2) is 199 Å². The number of anilines is 2. The normalized spacial score (nSPS) is 22.1. The molecule has 0 spiro atoms. The van der Waals surface area contributed by atoms with E-state index in [0.717, 1.165) is 34.2 Å². The second kappa shape index (κ2) is 13.4. The topological polar surface area (TPSA) is 48.7 Å². The van der Waals surface area contributed by atoms with Gasteiger partial charge in [0.1, 0.15) is 23.5 Å². The number of amidine groups is 1. The van der Waals surface area contributed by atoms with Crippen LogP contribution < -0.4 is 10.2 Å². The van der Waals surface area contributed by atoms with Crippen molar-refractivity contribution in [3.8, 4) is 5.69 Å². The summed E-state index contributed by atoms with van der Waals surface area (Å²) < 4.78 is 2.41. The fourth-order valence-electron chi connectivity index (χ4n) is 10.3. The Morgan fingerprint density at radius 3 is 2.15 bits per heavy atom. The van der Waals surface area contributed by atoms with Crippen LogP contribution in [0, 0.1) is 0 Å². The first-order valence-electron chi connectivity index (χ1n) is 21.2. The van der Waals surface area contributed by atoms with Gasteiger partial charge in [0.25, 0.3) is 0 Å². The van der Waals surface area contributed by atoms with Gasteiger partial charge < -0.3 is 14.8 Å². The van der Waals surface area contributed by atoms with Crippen molar-refractivity contribution in [2.24, 2.45) is 4.99 Å². The number of nitrogens with one attached hydrogen (secondary N) is 1. The van der Waals surface area contributed by atoms with Crippen LogP contribution in [0.2, 0.25) is 0 Å². The zero-order valence-electron chi connectivity index (χ0n) is 34.4. The predicted molar refractivity (Wildman–Crippen MR) is 252 cm³/mol. The van der Waals surface area contributed by atoms with Crippen LogP contribution in [0.1, 0.15) is 48.3 Å².